The fourth-order valence-corrected chi connectivity index (χ4v) is 5.11. The van der Waals surface area contributed by atoms with E-state index >= 15 is 0 Å². The third kappa shape index (κ3) is 3.44. The number of rotatable bonds is 4. The number of nitrogens with one attached hydrogen (secondary N) is 1. The van der Waals surface area contributed by atoms with Crippen LogP contribution in [0.15, 0.2) is 89.0 Å². The second kappa shape index (κ2) is 7.99. The van der Waals surface area contributed by atoms with Crippen LogP contribution in [0.4, 0.5) is 5.82 Å². The highest BCUT2D eigenvalue weighted by atomic mass is 35.5. The van der Waals surface area contributed by atoms with Gasteiger partial charge in [-0.3, -0.25) is 4.79 Å². The number of aromatic nitrogens is 3. The largest absolute Gasteiger partial charge is 0.364 e. The summed E-state index contributed by atoms with van der Waals surface area (Å²) in [5.74, 6) is 0.647. The lowest BCUT2D eigenvalue weighted by Gasteiger charge is -2.12. The number of fused-ring (bicyclic) bond motifs is 4. The topological polar surface area (TPSA) is 59.3 Å². The molecule has 3 heterocycles. The Morgan fingerprint density at radius 1 is 0.909 bits per heavy atom. The van der Waals surface area contributed by atoms with Gasteiger partial charge in [-0.15, -0.1) is 16.4 Å². The van der Waals surface area contributed by atoms with Crippen molar-refractivity contribution in [1.82, 2.24) is 14.6 Å². The summed E-state index contributed by atoms with van der Waals surface area (Å²) < 4.78 is 1.42. The average Bonchev–Trinajstić information content (AvgIpc) is 3.28. The van der Waals surface area contributed by atoms with Gasteiger partial charge in [0.1, 0.15) is 4.83 Å². The zero-order valence-electron chi connectivity index (χ0n) is 17.3. The molecule has 0 radical (unpaired) electrons. The van der Waals surface area contributed by atoms with Crippen LogP contribution in [0.2, 0.25) is 5.02 Å². The number of benzene rings is 3. The van der Waals surface area contributed by atoms with Crippen LogP contribution in [-0.4, -0.2) is 14.6 Å². The van der Waals surface area contributed by atoms with Crippen molar-refractivity contribution in [3.8, 4) is 11.1 Å². The lowest BCUT2D eigenvalue weighted by molar-refractivity contribution is 0.888. The van der Waals surface area contributed by atoms with E-state index in [2.05, 4.69) is 17.4 Å². The molecule has 0 aliphatic heterocycles. The van der Waals surface area contributed by atoms with Gasteiger partial charge in [-0.2, -0.15) is 4.52 Å². The van der Waals surface area contributed by atoms with Crippen molar-refractivity contribution in [2.24, 2.45) is 0 Å². The first-order valence-corrected chi connectivity index (χ1v) is 11.7. The van der Waals surface area contributed by atoms with Crippen LogP contribution in [0.25, 0.3) is 37.8 Å². The van der Waals surface area contributed by atoms with Gasteiger partial charge >= 0.3 is 0 Å². The highest BCUT2D eigenvalue weighted by Gasteiger charge is 2.17. The van der Waals surface area contributed by atoms with Crippen LogP contribution in [0, 0.1) is 0 Å². The number of hydrogen-bond donors (Lipinski definition) is 1. The minimum atomic E-state index is -0.185. The van der Waals surface area contributed by atoms with Crippen molar-refractivity contribution in [3.05, 3.63) is 105 Å². The van der Waals surface area contributed by atoms with Crippen molar-refractivity contribution in [3.63, 3.8) is 0 Å². The van der Waals surface area contributed by atoms with Crippen LogP contribution >= 0.6 is 22.9 Å². The standard InChI is InChI=1S/C26H17ClN4OS/c27-18-12-10-17(11-13-18)21-15-33-25-22(21)26(32)31-24(29-25)20-9-5-4-8-19(20)23(30-31)28-14-16-6-2-1-3-7-16/h1-13,15H,14H2,(H,28,30). The van der Waals surface area contributed by atoms with Gasteiger partial charge in [0.25, 0.3) is 5.56 Å². The zero-order chi connectivity index (χ0) is 22.4. The average molecular weight is 469 g/mol. The summed E-state index contributed by atoms with van der Waals surface area (Å²) in [6, 6.07) is 25.5. The number of halogens is 1. The van der Waals surface area contributed by atoms with Crippen LogP contribution in [0.1, 0.15) is 5.56 Å². The van der Waals surface area contributed by atoms with E-state index in [-0.39, 0.29) is 5.56 Å². The Bertz CT molecular complexity index is 1690. The minimum absolute atomic E-state index is 0.185. The zero-order valence-corrected chi connectivity index (χ0v) is 18.9. The van der Waals surface area contributed by atoms with Crippen LogP contribution in [0.3, 0.4) is 0 Å². The Morgan fingerprint density at radius 3 is 2.42 bits per heavy atom. The molecule has 0 amide bonds. The molecule has 0 saturated carbocycles. The molecule has 6 aromatic rings. The number of anilines is 1. The van der Waals surface area contributed by atoms with Gasteiger partial charge in [0.05, 0.1) is 5.39 Å². The molecule has 0 fully saturated rings. The number of nitrogens with zero attached hydrogens (tertiary/aromatic N) is 3. The summed E-state index contributed by atoms with van der Waals surface area (Å²) in [6.45, 7) is 0.599. The van der Waals surface area contributed by atoms with Crippen molar-refractivity contribution in [1.29, 1.82) is 0 Å². The van der Waals surface area contributed by atoms with Crippen LogP contribution in [0.5, 0.6) is 0 Å². The van der Waals surface area contributed by atoms with Crippen LogP contribution in [-0.2, 0) is 6.54 Å². The molecule has 3 aromatic carbocycles. The Hall–Kier alpha value is -3.74. The van der Waals surface area contributed by atoms with E-state index in [9.17, 15) is 4.79 Å². The van der Waals surface area contributed by atoms with Crippen molar-refractivity contribution in [2.45, 2.75) is 6.54 Å². The Morgan fingerprint density at radius 2 is 1.64 bits per heavy atom. The van der Waals surface area contributed by atoms with E-state index in [4.69, 9.17) is 21.7 Å². The number of thiophene rings is 1. The first-order valence-electron chi connectivity index (χ1n) is 10.5. The van der Waals surface area contributed by atoms with Gasteiger partial charge in [0, 0.05) is 33.3 Å². The van der Waals surface area contributed by atoms with E-state index in [1.807, 2.05) is 72.1 Å². The Balaban J connectivity index is 1.58. The highest BCUT2D eigenvalue weighted by Crippen LogP contribution is 2.33. The summed E-state index contributed by atoms with van der Waals surface area (Å²) >= 11 is 7.52. The van der Waals surface area contributed by atoms with Crippen LogP contribution < -0.4 is 10.9 Å². The highest BCUT2D eigenvalue weighted by molar-refractivity contribution is 7.17. The molecule has 5 nitrogen and oxygen atoms in total. The second-order valence-electron chi connectivity index (χ2n) is 7.72. The third-order valence-corrected chi connectivity index (χ3v) is 6.79. The van der Waals surface area contributed by atoms with E-state index in [1.165, 1.54) is 15.9 Å². The SMILES string of the molecule is O=c1c2c(-c3ccc(Cl)cc3)csc2nc2c3ccccc3c(NCc3ccccc3)nn12. The van der Waals surface area contributed by atoms with Gasteiger partial charge in [0.15, 0.2) is 11.5 Å². The smallest absolute Gasteiger partial charge is 0.283 e. The maximum atomic E-state index is 13.7. The molecule has 6 rings (SSSR count). The molecular formula is C26H17ClN4OS. The van der Waals surface area contributed by atoms with Gasteiger partial charge in [-0.25, -0.2) is 4.98 Å². The minimum Gasteiger partial charge on any atom is -0.364 e. The van der Waals surface area contributed by atoms with Crippen molar-refractivity contribution in [2.75, 3.05) is 5.32 Å². The molecule has 3 aromatic heterocycles. The normalized spacial score (nSPS) is 11.4. The van der Waals surface area contributed by atoms with E-state index in [0.717, 1.165) is 27.5 Å². The summed E-state index contributed by atoms with van der Waals surface area (Å²) in [5.41, 5.74) is 3.26. The predicted molar refractivity (Wildman–Crippen MR) is 136 cm³/mol. The molecule has 160 valence electrons. The van der Waals surface area contributed by atoms with Gasteiger partial charge in [0.2, 0.25) is 0 Å². The summed E-state index contributed by atoms with van der Waals surface area (Å²) in [7, 11) is 0. The molecule has 7 heteroatoms. The third-order valence-electron chi connectivity index (χ3n) is 5.67. The first kappa shape index (κ1) is 19.9. The molecule has 0 saturated heterocycles. The lowest BCUT2D eigenvalue weighted by Crippen LogP contribution is -2.19. The maximum Gasteiger partial charge on any atom is 0.283 e. The monoisotopic (exact) mass is 468 g/mol. The van der Waals surface area contributed by atoms with E-state index in [0.29, 0.717) is 33.2 Å². The van der Waals surface area contributed by atoms with Gasteiger partial charge < -0.3 is 5.32 Å². The second-order valence-corrected chi connectivity index (χ2v) is 9.02. The predicted octanol–water partition coefficient (Wildman–Crippen LogP) is 6.39. The molecule has 33 heavy (non-hydrogen) atoms. The summed E-state index contributed by atoms with van der Waals surface area (Å²) in [6.07, 6.45) is 0. The molecule has 0 bridgehead atoms. The molecular weight excluding hydrogens is 452 g/mol. The molecule has 0 aliphatic carbocycles. The van der Waals surface area contributed by atoms with Gasteiger partial charge in [-0.05, 0) is 23.3 Å². The molecule has 1 N–H and O–H groups in total. The molecule has 0 unspecified atom stereocenters. The van der Waals surface area contributed by atoms with Crippen molar-refractivity contribution < 1.29 is 0 Å². The lowest BCUT2D eigenvalue weighted by atomic mass is 10.1. The fraction of sp³-hybridized carbons (Fsp3) is 0.0385. The fourth-order valence-electron chi connectivity index (χ4n) is 4.04. The number of hydrogen-bond acceptors (Lipinski definition) is 5. The van der Waals surface area contributed by atoms with Gasteiger partial charge in [-0.1, -0.05) is 78.3 Å². The van der Waals surface area contributed by atoms with E-state index in [1.54, 1.807) is 0 Å². The molecule has 0 spiro atoms. The van der Waals surface area contributed by atoms with E-state index < -0.39 is 0 Å². The van der Waals surface area contributed by atoms with Crippen molar-refractivity contribution >= 4 is 55.4 Å². The molecule has 0 atom stereocenters. The summed E-state index contributed by atoms with van der Waals surface area (Å²) in [5, 5.41) is 13.1. The maximum absolute atomic E-state index is 13.7. The quantitative estimate of drug-likeness (QED) is 0.304. The summed E-state index contributed by atoms with van der Waals surface area (Å²) in [4.78, 5) is 19.2. The Labute approximate surface area is 197 Å². The molecule has 0 aliphatic rings. The first-order chi connectivity index (χ1) is 16.2. The Kier molecular flexibility index (Phi) is 4.82.